The Hall–Kier alpha value is -3.22. The van der Waals surface area contributed by atoms with Gasteiger partial charge < -0.3 is 10.1 Å². The number of rotatable bonds is 6. The lowest BCUT2D eigenvalue weighted by Gasteiger charge is -2.12. The molecule has 1 N–H and O–H groups in total. The van der Waals surface area contributed by atoms with Crippen LogP contribution in [0.4, 0.5) is 0 Å². The van der Waals surface area contributed by atoms with Crippen molar-refractivity contribution in [1.82, 2.24) is 25.1 Å². The van der Waals surface area contributed by atoms with Crippen molar-refractivity contribution >= 4 is 5.91 Å². The van der Waals surface area contributed by atoms with Gasteiger partial charge in [0.05, 0.1) is 11.8 Å². The maximum atomic E-state index is 12.4. The highest BCUT2D eigenvalue weighted by atomic mass is 16.5. The lowest BCUT2D eigenvalue weighted by Crippen LogP contribution is -2.23. The molecule has 7 nitrogen and oxygen atoms in total. The smallest absolute Gasteiger partial charge is 0.253 e. The van der Waals surface area contributed by atoms with Gasteiger partial charge in [-0.25, -0.2) is 4.98 Å². The molecule has 1 aliphatic rings. The molecule has 28 heavy (non-hydrogen) atoms. The normalized spacial score (nSPS) is 14.2. The van der Waals surface area contributed by atoms with Crippen molar-refractivity contribution in [2.24, 2.45) is 7.05 Å². The third-order valence-corrected chi connectivity index (χ3v) is 4.87. The summed E-state index contributed by atoms with van der Waals surface area (Å²) in [5.41, 5.74) is 3.39. The van der Waals surface area contributed by atoms with Gasteiger partial charge in [-0.05, 0) is 43.4 Å². The van der Waals surface area contributed by atoms with Crippen LogP contribution in [0, 0.1) is 0 Å². The summed E-state index contributed by atoms with van der Waals surface area (Å²) in [4.78, 5) is 20.9. The van der Waals surface area contributed by atoms with Crippen LogP contribution in [0.1, 0.15) is 41.6 Å². The van der Waals surface area contributed by atoms with Crippen LogP contribution in [0.25, 0.3) is 11.1 Å². The van der Waals surface area contributed by atoms with Crippen molar-refractivity contribution in [2.45, 2.75) is 38.3 Å². The van der Waals surface area contributed by atoms with Gasteiger partial charge in [-0.15, -0.1) is 0 Å². The number of pyridine rings is 2. The third-order valence-electron chi connectivity index (χ3n) is 4.87. The molecule has 4 rings (SSSR count). The molecule has 0 spiro atoms. The zero-order chi connectivity index (χ0) is 19.3. The summed E-state index contributed by atoms with van der Waals surface area (Å²) in [7, 11) is 1.87. The van der Waals surface area contributed by atoms with Gasteiger partial charge in [0.15, 0.2) is 0 Å². The van der Waals surface area contributed by atoms with E-state index >= 15 is 0 Å². The maximum Gasteiger partial charge on any atom is 0.253 e. The highest BCUT2D eigenvalue weighted by Crippen LogP contribution is 2.23. The molecular formula is C21H23N5O2. The lowest BCUT2D eigenvalue weighted by molar-refractivity contribution is 0.0950. The van der Waals surface area contributed by atoms with E-state index in [0.29, 0.717) is 18.0 Å². The van der Waals surface area contributed by atoms with E-state index in [2.05, 4.69) is 20.4 Å². The second-order valence-corrected chi connectivity index (χ2v) is 7.08. The van der Waals surface area contributed by atoms with E-state index in [-0.39, 0.29) is 12.0 Å². The predicted octanol–water partition coefficient (Wildman–Crippen LogP) is 3.13. The Morgan fingerprint density at radius 3 is 2.75 bits per heavy atom. The van der Waals surface area contributed by atoms with Gasteiger partial charge in [-0.3, -0.25) is 14.5 Å². The van der Waals surface area contributed by atoms with E-state index in [0.717, 1.165) is 29.5 Å². The summed E-state index contributed by atoms with van der Waals surface area (Å²) in [5.74, 6) is 0.406. The highest BCUT2D eigenvalue weighted by Gasteiger charge is 2.17. The van der Waals surface area contributed by atoms with Gasteiger partial charge in [-0.1, -0.05) is 0 Å². The van der Waals surface area contributed by atoms with Crippen LogP contribution in [-0.2, 0) is 13.6 Å². The molecular weight excluding hydrogens is 354 g/mol. The first-order valence-corrected chi connectivity index (χ1v) is 9.51. The van der Waals surface area contributed by atoms with Crippen molar-refractivity contribution in [3.05, 3.63) is 60.3 Å². The van der Waals surface area contributed by atoms with Crippen molar-refractivity contribution in [1.29, 1.82) is 0 Å². The minimum absolute atomic E-state index is 0.174. The average molecular weight is 377 g/mol. The Bertz CT molecular complexity index is 945. The Kier molecular flexibility index (Phi) is 5.32. The van der Waals surface area contributed by atoms with Crippen LogP contribution in [0.2, 0.25) is 0 Å². The van der Waals surface area contributed by atoms with Gasteiger partial charge in [0.1, 0.15) is 6.10 Å². The summed E-state index contributed by atoms with van der Waals surface area (Å²) in [6.07, 6.45) is 13.7. The van der Waals surface area contributed by atoms with Crippen LogP contribution in [0.3, 0.4) is 0 Å². The van der Waals surface area contributed by atoms with Gasteiger partial charge in [0, 0.05) is 55.6 Å². The molecule has 0 unspecified atom stereocenters. The van der Waals surface area contributed by atoms with E-state index in [1.54, 1.807) is 41.6 Å². The monoisotopic (exact) mass is 377 g/mol. The van der Waals surface area contributed by atoms with E-state index in [9.17, 15) is 4.79 Å². The zero-order valence-corrected chi connectivity index (χ0v) is 15.8. The summed E-state index contributed by atoms with van der Waals surface area (Å²) in [6, 6.07) is 5.51. The number of amides is 1. The van der Waals surface area contributed by atoms with Gasteiger partial charge in [-0.2, -0.15) is 5.10 Å². The molecule has 144 valence electrons. The molecule has 1 saturated carbocycles. The van der Waals surface area contributed by atoms with Crippen LogP contribution >= 0.6 is 0 Å². The van der Waals surface area contributed by atoms with Crippen LogP contribution in [0.15, 0.2) is 49.2 Å². The number of carbonyl (C=O) groups is 1. The first-order valence-electron chi connectivity index (χ1n) is 9.51. The summed E-state index contributed by atoms with van der Waals surface area (Å²) < 4.78 is 7.59. The Balaban J connectivity index is 1.35. The van der Waals surface area contributed by atoms with Gasteiger partial charge >= 0.3 is 0 Å². The van der Waals surface area contributed by atoms with Crippen molar-refractivity contribution in [3.63, 3.8) is 0 Å². The second-order valence-electron chi connectivity index (χ2n) is 7.08. The number of carbonyl (C=O) groups excluding carboxylic acids is 1. The minimum Gasteiger partial charge on any atom is -0.474 e. The summed E-state index contributed by atoms with van der Waals surface area (Å²) >= 11 is 0. The molecule has 0 saturated heterocycles. The number of hydrogen-bond acceptors (Lipinski definition) is 5. The Morgan fingerprint density at radius 2 is 2.04 bits per heavy atom. The van der Waals surface area contributed by atoms with Crippen LogP contribution < -0.4 is 10.1 Å². The van der Waals surface area contributed by atoms with Gasteiger partial charge in [0.25, 0.3) is 5.91 Å². The molecule has 3 heterocycles. The number of aromatic nitrogens is 4. The molecule has 7 heteroatoms. The Morgan fingerprint density at radius 1 is 1.18 bits per heavy atom. The molecule has 0 aliphatic heterocycles. The maximum absolute atomic E-state index is 12.4. The average Bonchev–Trinajstić information content (AvgIpc) is 3.39. The van der Waals surface area contributed by atoms with E-state index in [1.807, 2.05) is 19.3 Å². The fraction of sp³-hybridized carbons (Fsp3) is 0.333. The molecule has 0 radical (unpaired) electrons. The van der Waals surface area contributed by atoms with Crippen molar-refractivity contribution in [3.8, 4) is 17.0 Å². The fourth-order valence-corrected chi connectivity index (χ4v) is 3.36. The molecule has 3 aromatic rings. The number of nitrogens with one attached hydrogen (secondary N) is 1. The number of hydrogen-bond donors (Lipinski definition) is 1. The zero-order valence-electron chi connectivity index (χ0n) is 15.8. The summed E-state index contributed by atoms with van der Waals surface area (Å²) in [5, 5.41) is 7.09. The van der Waals surface area contributed by atoms with Crippen LogP contribution in [-0.4, -0.2) is 31.8 Å². The molecule has 1 aliphatic carbocycles. The van der Waals surface area contributed by atoms with Gasteiger partial charge in [0.2, 0.25) is 5.88 Å². The topological polar surface area (TPSA) is 81.9 Å². The lowest BCUT2D eigenvalue weighted by atomic mass is 10.1. The molecule has 3 aromatic heterocycles. The minimum atomic E-state index is -0.174. The first-order chi connectivity index (χ1) is 13.7. The number of aryl methyl sites for hydroxylation is 1. The largest absolute Gasteiger partial charge is 0.474 e. The molecule has 1 fully saturated rings. The molecule has 0 atom stereocenters. The Labute approximate surface area is 163 Å². The standard InChI is InChI=1S/C21H23N5O2/c1-26-14-18(13-25-26)17-8-15(9-22-11-17)10-24-21(27)16-6-7-20(23-12-16)28-19-4-2-3-5-19/h6-9,11-14,19H,2-5,10H2,1H3,(H,24,27). The molecule has 0 aromatic carbocycles. The molecule has 1 amide bonds. The summed E-state index contributed by atoms with van der Waals surface area (Å²) in [6.45, 7) is 0.389. The molecule has 0 bridgehead atoms. The predicted molar refractivity (Wildman–Crippen MR) is 105 cm³/mol. The van der Waals surface area contributed by atoms with Crippen molar-refractivity contribution in [2.75, 3.05) is 0 Å². The number of nitrogens with zero attached hydrogens (tertiary/aromatic N) is 4. The number of ether oxygens (including phenoxy) is 1. The fourth-order valence-electron chi connectivity index (χ4n) is 3.36. The van der Waals surface area contributed by atoms with Crippen molar-refractivity contribution < 1.29 is 9.53 Å². The third kappa shape index (κ3) is 4.36. The van der Waals surface area contributed by atoms with Crippen LogP contribution in [0.5, 0.6) is 5.88 Å². The quantitative estimate of drug-likeness (QED) is 0.714. The van der Waals surface area contributed by atoms with E-state index < -0.39 is 0 Å². The van der Waals surface area contributed by atoms with E-state index in [1.165, 1.54) is 12.8 Å². The second kappa shape index (κ2) is 8.21. The first kappa shape index (κ1) is 18.2. The highest BCUT2D eigenvalue weighted by molar-refractivity contribution is 5.93. The van der Waals surface area contributed by atoms with E-state index in [4.69, 9.17) is 4.74 Å². The SMILES string of the molecule is Cn1cc(-c2cncc(CNC(=O)c3ccc(OC4CCCC4)nc3)c2)cn1.